The Morgan fingerprint density at radius 3 is 2.70 bits per heavy atom. The summed E-state index contributed by atoms with van der Waals surface area (Å²) in [4.78, 5) is 0. The Balaban J connectivity index is 1.68. The molecule has 2 atom stereocenters. The largest absolute Gasteiger partial charge is 0.368 e. The lowest BCUT2D eigenvalue weighted by Gasteiger charge is -2.17. The van der Waals surface area contributed by atoms with Crippen LogP contribution in [0.4, 0.5) is 0 Å². The molecule has 0 unspecified atom stereocenters. The third-order valence-corrected chi connectivity index (χ3v) is 4.29. The van der Waals surface area contributed by atoms with Crippen molar-refractivity contribution in [1.29, 1.82) is 0 Å². The fourth-order valence-electron chi connectivity index (χ4n) is 3.22. The number of aliphatic hydroxyl groups is 2. The number of unbranched alkanes of at least 4 members (excludes halogenated alkanes) is 1. The van der Waals surface area contributed by atoms with E-state index < -0.39 is 6.29 Å². The Labute approximate surface area is 122 Å². The summed E-state index contributed by atoms with van der Waals surface area (Å²) in [7, 11) is 0. The first-order chi connectivity index (χ1) is 9.75. The Kier molecular flexibility index (Phi) is 6.28. The second kappa shape index (κ2) is 8.23. The quantitative estimate of drug-likeness (QED) is 0.452. The van der Waals surface area contributed by atoms with Gasteiger partial charge in [0.05, 0.1) is 0 Å². The smallest absolute Gasteiger partial charge is 0.151 e. The summed E-state index contributed by atoms with van der Waals surface area (Å²) in [5.74, 6) is 1.01. The molecule has 0 radical (unpaired) electrons. The zero-order valence-corrected chi connectivity index (χ0v) is 12.1. The Morgan fingerprint density at radius 1 is 1.15 bits per heavy atom. The predicted molar refractivity (Wildman–Crippen MR) is 82.2 cm³/mol. The van der Waals surface area contributed by atoms with E-state index in [1.54, 1.807) is 0 Å². The van der Waals surface area contributed by atoms with Crippen molar-refractivity contribution in [1.82, 2.24) is 0 Å². The van der Waals surface area contributed by atoms with Crippen LogP contribution in [0.5, 0.6) is 0 Å². The molecule has 1 aliphatic rings. The van der Waals surface area contributed by atoms with Crippen LogP contribution in [0.2, 0.25) is 0 Å². The summed E-state index contributed by atoms with van der Waals surface area (Å²) in [5, 5.41) is 18.2. The lowest BCUT2D eigenvalue weighted by atomic mass is 9.92. The van der Waals surface area contributed by atoms with Gasteiger partial charge in [0.15, 0.2) is 6.29 Å². The molecule has 1 saturated carbocycles. The molecule has 0 amide bonds. The number of aliphatic hydroxyl groups excluding tert-OH is 1. The van der Waals surface area contributed by atoms with Gasteiger partial charge in [-0.3, -0.25) is 0 Å². The molecule has 0 bridgehead atoms. The second-order valence-electron chi connectivity index (χ2n) is 5.88. The number of allylic oxidation sites excluding steroid dienone is 2. The van der Waals surface area contributed by atoms with Gasteiger partial charge in [-0.1, -0.05) is 48.9 Å². The van der Waals surface area contributed by atoms with Crippen molar-refractivity contribution in [2.24, 2.45) is 11.8 Å². The molecular weight excluding hydrogens is 248 g/mol. The molecule has 0 heterocycles. The number of rotatable bonds is 7. The first-order valence-corrected chi connectivity index (χ1v) is 7.82. The van der Waals surface area contributed by atoms with Crippen molar-refractivity contribution in [3.05, 3.63) is 48.0 Å². The minimum Gasteiger partial charge on any atom is -0.368 e. The van der Waals surface area contributed by atoms with Crippen LogP contribution in [0, 0.1) is 11.8 Å². The normalized spacial score (nSPS) is 22.9. The SMILES string of the molecule is OC(O)C[C@H]1CCC[C@@H]1/C=C/CCCc1ccccc1. The number of hydrogen-bond donors (Lipinski definition) is 2. The molecule has 1 fully saturated rings. The maximum Gasteiger partial charge on any atom is 0.151 e. The van der Waals surface area contributed by atoms with Crippen molar-refractivity contribution in [3.8, 4) is 0 Å². The van der Waals surface area contributed by atoms with Crippen LogP contribution in [0.1, 0.15) is 44.1 Å². The van der Waals surface area contributed by atoms with Crippen molar-refractivity contribution in [3.63, 3.8) is 0 Å². The van der Waals surface area contributed by atoms with Crippen LogP contribution in [0.15, 0.2) is 42.5 Å². The Bertz CT molecular complexity index is 397. The summed E-state index contributed by atoms with van der Waals surface area (Å²) in [6, 6.07) is 10.6. The van der Waals surface area contributed by atoms with Crippen molar-refractivity contribution in [2.75, 3.05) is 0 Å². The molecular formula is C18H26O2. The first-order valence-electron chi connectivity index (χ1n) is 7.82. The van der Waals surface area contributed by atoms with Crippen molar-refractivity contribution < 1.29 is 10.2 Å². The highest BCUT2D eigenvalue weighted by Crippen LogP contribution is 2.35. The molecule has 2 rings (SSSR count). The molecule has 0 aromatic heterocycles. The third kappa shape index (κ3) is 5.10. The molecule has 0 spiro atoms. The standard InChI is InChI=1S/C18H26O2/c19-18(20)14-17-13-7-12-16(17)11-6-2-5-10-15-8-3-1-4-9-15/h1,3-4,6,8-9,11,16-20H,2,5,7,10,12-14H2/b11-6+/t16-,17+/m0/s1. The summed E-state index contributed by atoms with van der Waals surface area (Å²) in [6.07, 6.45) is 11.0. The average Bonchev–Trinajstić information content (AvgIpc) is 2.86. The second-order valence-corrected chi connectivity index (χ2v) is 5.88. The van der Waals surface area contributed by atoms with Gasteiger partial charge < -0.3 is 10.2 Å². The fraction of sp³-hybridized carbons (Fsp3) is 0.556. The number of aryl methyl sites for hydroxylation is 1. The van der Waals surface area contributed by atoms with Crippen LogP contribution in [-0.2, 0) is 6.42 Å². The van der Waals surface area contributed by atoms with Gasteiger partial charge >= 0.3 is 0 Å². The molecule has 2 nitrogen and oxygen atoms in total. The van der Waals surface area contributed by atoms with Gasteiger partial charge in [-0.2, -0.15) is 0 Å². The van der Waals surface area contributed by atoms with E-state index in [0.717, 1.165) is 19.3 Å². The maximum atomic E-state index is 9.10. The van der Waals surface area contributed by atoms with Gasteiger partial charge in [0, 0.05) is 6.42 Å². The van der Waals surface area contributed by atoms with E-state index >= 15 is 0 Å². The predicted octanol–water partition coefficient (Wildman–Crippen LogP) is 3.68. The van der Waals surface area contributed by atoms with Crippen LogP contribution < -0.4 is 0 Å². The zero-order valence-electron chi connectivity index (χ0n) is 12.1. The van der Waals surface area contributed by atoms with Gasteiger partial charge in [0.2, 0.25) is 0 Å². The Hall–Kier alpha value is -1.12. The van der Waals surface area contributed by atoms with Gasteiger partial charge in [-0.05, 0) is 49.5 Å². The maximum absolute atomic E-state index is 9.10. The van der Waals surface area contributed by atoms with Gasteiger partial charge in [0.25, 0.3) is 0 Å². The highest BCUT2D eigenvalue weighted by molar-refractivity contribution is 5.14. The van der Waals surface area contributed by atoms with E-state index in [1.165, 1.54) is 24.8 Å². The highest BCUT2D eigenvalue weighted by Gasteiger charge is 2.26. The zero-order chi connectivity index (χ0) is 14.2. The molecule has 0 saturated heterocycles. The van der Waals surface area contributed by atoms with Crippen molar-refractivity contribution in [2.45, 2.75) is 51.2 Å². The van der Waals surface area contributed by atoms with E-state index in [-0.39, 0.29) is 0 Å². The number of hydrogen-bond acceptors (Lipinski definition) is 2. The van der Waals surface area contributed by atoms with Crippen molar-refractivity contribution >= 4 is 0 Å². The summed E-state index contributed by atoms with van der Waals surface area (Å²) >= 11 is 0. The van der Waals surface area contributed by atoms with E-state index in [4.69, 9.17) is 10.2 Å². The summed E-state index contributed by atoms with van der Waals surface area (Å²) in [5.41, 5.74) is 1.41. The minimum absolute atomic E-state index is 0.459. The summed E-state index contributed by atoms with van der Waals surface area (Å²) in [6.45, 7) is 0. The van der Waals surface area contributed by atoms with Crippen LogP contribution in [0.25, 0.3) is 0 Å². The van der Waals surface area contributed by atoms with Gasteiger partial charge in [-0.15, -0.1) is 0 Å². The topological polar surface area (TPSA) is 40.5 Å². The molecule has 1 aromatic rings. The van der Waals surface area contributed by atoms with E-state index in [9.17, 15) is 0 Å². The molecule has 110 valence electrons. The summed E-state index contributed by atoms with van der Waals surface area (Å²) < 4.78 is 0. The van der Waals surface area contributed by atoms with Crippen LogP contribution in [-0.4, -0.2) is 16.5 Å². The van der Waals surface area contributed by atoms with E-state index in [2.05, 4.69) is 42.5 Å². The van der Waals surface area contributed by atoms with E-state index in [0.29, 0.717) is 18.3 Å². The average molecular weight is 274 g/mol. The van der Waals surface area contributed by atoms with Gasteiger partial charge in [0.1, 0.15) is 0 Å². The first kappa shape index (κ1) is 15.3. The fourth-order valence-corrected chi connectivity index (χ4v) is 3.22. The van der Waals surface area contributed by atoms with Crippen LogP contribution >= 0.6 is 0 Å². The molecule has 0 aliphatic heterocycles. The van der Waals surface area contributed by atoms with E-state index in [1.807, 2.05) is 0 Å². The molecule has 20 heavy (non-hydrogen) atoms. The number of benzene rings is 1. The molecule has 1 aliphatic carbocycles. The minimum atomic E-state index is -1.15. The lowest BCUT2D eigenvalue weighted by Crippen LogP contribution is -2.15. The van der Waals surface area contributed by atoms with Crippen LogP contribution in [0.3, 0.4) is 0 Å². The highest BCUT2D eigenvalue weighted by atomic mass is 16.5. The monoisotopic (exact) mass is 274 g/mol. The molecule has 2 heteroatoms. The lowest BCUT2D eigenvalue weighted by molar-refractivity contribution is -0.0576. The molecule has 2 N–H and O–H groups in total. The Morgan fingerprint density at radius 2 is 1.95 bits per heavy atom. The third-order valence-electron chi connectivity index (χ3n) is 4.29. The molecule has 1 aromatic carbocycles. The van der Waals surface area contributed by atoms with Gasteiger partial charge in [-0.25, -0.2) is 0 Å².